The van der Waals surface area contributed by atoms with E-state index >= 15 is 0 Å². The van der Waals surface area contributed by atoms with Gasteiger partial charge in [0.1, 0.15) is 11.3 Å². The number of carbonyl (C=O) groups excluding carboxylic acids is 1. The molecule has 6 heteroatoms. The first-order valence-corrected chi connectivity index (χ1v) is 14.1. The molecule has 1 aromatic heterocycles. The fraction of sp³-hybridized carbons (Fsp3) is 0.412. The number of para-hydroxylation sites is 1. The number of aliphatic hydroxyl groups is 1. The zero-order chi connectivity index (χ0) is 28.6. The van der Waals surface area contributed by atoms with Crippen LogP contribution in [0.25, 0.3) is 33.2 Å². The molecule has 0 fully saturated rings. The molecule has 0 aliphatic rings. The molecule has 4 rings (SSSR count). The summed E-state index contributed by atoms with van der Waals surface area (Å²) in [7, 11) is 0. The molecule has 1 N–H and O–H groups in total. The summed E-state index contributed by atoms with van der Waals surface area (Å²) in [6.07, 6.45) is 4.91. The van der Waals surface area contributed by atoms with Crippen LogP contribution in [0, 0.1) is 17.9 Å². The van der Waals surface area contributed by atoms with Crippen molar-refractivity contribution >= 4 is 27.6 Å². The largest absolute Gasteiger partial charge is 0.512 e. The molecule has 0 aliphatic carbocycles. The van der Waals surface area contributed by atoms with Crippen LogP contribution < -0.4 is 0 Å². The van der Waals surface area contributed by atoms with Crippen LogP contribution in [0.4, 0.5) is 0 Å². The van der Waals surface area contributed by atoms with E-state index in [-0.39, 0.29) is 48.9 Å². The predicted octanol–water partition coefficient (Wildman–Crippen LogP) is 8.81. The number of carbonyl (C=O) groups is 1. The summed E-state index contributed by atoms with van der Waals surface area (Å²) in [4.78, 5) is 16.4. The molecule has 1 heterocycles. The van der Waals surface area contributed by atoms with Crippen molar-refractivity contribution in [3.05, 3.63) is 78.1 Å². The number of rotatable bonds is 8. The molecule has 0 unspecified atom stereocenters. The molecule has 5 nitrogen and oxygen atoms in total. The monoisotopic (exact) mass is 717 g/mol. The summed E-state index contributed by atoms with van der Waals surface area (Å²) in [5.74, 6) is 1.16. The zero-order valence-corrected chi connectivity index (χ0v) is 27.2. The minimum absolute atomic E-state index is 0. The topological polar surface area (TPSA) is 76.0 Å². The average Bonchev–Trinajstić information content (AvgIpc) is 2.93. The number of benzene rings is 3. The quantitative estimate of drug-likeness (QED) is 0.112. The SMILES string of the molecule is CC(C)(C)c1cc(-c2nnc3ccccc3n2)[c-]c2ccccc12.CCC(CC)C(=O)/C=C(\O)C(CC)CC.[Ir]. The second-order valence-electron chi connectivity index (χ2n) is 11.0. The van der Waals surface area contributed by atoms with E-state index in [1.165, 1.54) is 17.0 Å². The summed E-state index contributed by atoms with van der Waals surface area (Å²) in [5.41, 5.74) is 3.83. The Morgan fingerprint density at radius 3 is 2.05 bits per heavy atom. The van der Waals surface area contributed by atoms with Crippen LogP contribution in [0.2, 0.25) is 0 Å². The first-order chi connectivity index (χ1) is 18.6. The summed E-state index contributed by atoms with van der Waals surface area (Å²) >= 11 is 0. The van der Waals surface area contributed by atoms with Crippen molar-refractivity contribution in [1.82, 2.24) is 15.2 Å². The van der Waals surface area contributed by atoms with Crippen molar-refractivity contribution in [3.63, 3.8) is 0 Å². The van der Waals surface area contributed by atoms with E-state index in [1.807, 2.05) is 58.0 Å². The van der Waals surface area contributed by atoms with E-state index in [2.05, 4.69) is 66.3 Å². The molecular formula is C34H42IrN3O2-. The average molecular weight is 717 g/mol. The van der Waals surface area contributed by atoms with Gasteiger partial charge in [-0.1, -0.05) is 89.7 Å². The Bertz CT molecular complexity index is 1430. The van der Waals surface area contributed by atoms with Gasteiger partial charge in [0, 0.05) is 38.0 Å². The Kier molecular flexibility index (Phi) is 12.6. The van der Waals surface area contributed by atoms with Gasteiger partial charge in [-0.25, -0.2) is 0 Å². The first kappa shape index (κ1) is 33.3. The number of ketones is 1. The second kappa shape index (κ2) is 15.2. The van der Waals surface area contributed by atoms with Gasteiger partial charge in [0.2, 0.25) is 0 Å². The summed E-state index contributed by atoms with van der Waals surface area (Å²) in [6.45, 7) is 14.7. The first-order valence-electron chi connectivity index (χ1n) is 14.1. The Balaban J connectivity index is 0.000000307. The Labute approximate surface area is 252 Å². The Morgan fingerprint density at radius 2 is 1.45 bits per heavy atom. The molecule has 3 aromatic carbocycles. The number of hydrogen-bond acceptors (Lipinski definition) is 5. The fourth-order valence-electron chi connectivity index (χ4n) is 4.75. The van der Waals surface area contributed by atoms with Gasteiger partial charge in [0.05, 0.1) is 11.3 Å². The van der Waals surface area contributed by atoms with E-state index in [1.54, 1.807) is 0 Å². The molecule has 0 bridgehead atoms. The van der Waals surface area contributed by atoms with Crippen molar-refractivity contribution in [2.24, 2.45) is 11.8 Å². The van der Waals surface area contributed by atoms with Crippen LogP contribution in [-0.2, 0) is 30.3 Å². The third-order valence-corrected chi connectivity index (χ3v) is 7.27. The van der Waals surface area contributed by atoms with Gasteiger partial charge in [-0.05, 0) is 43.2 Å². The maximum absolute atomic E-state index is 11.7. The van der Waals surface area contributed by atoms with Crippen LogP contribution in [0.5, 0.6) is 0 Å². The Morgan fingerprint density at radius 1 is 0.875 bits per heavy atom. The molecule has 40 heavy (non-hydrogen) atoms. The van der Waals surface area contributed by atoms with E-state index < -0.39 is 0 Å². The van der Waals surface area contributed by atoms with Crippen LogP contribution in [0.15, 0.2) is 66.4 Å². The molecule has 0 saturated carbocycles. The maximum atomic E-state index is 11.7. The molecule has 0 spiro atoms. The molecule has 4 aromatic rings. The molecule has 0 atom stereocenters. The number of aliphatic hydroxyl groups excluding tert-OH is 1. The van der Waals surface area contributed by atoms with Gasteiger partial charge in [-0.15, -0.1) is 29.1 Å². The molecule has 0 saturated heterocycles. The number of fused-ring (bicyclic) bond motifs is 2. The third kappa shape index (κ3) is 8.28. The van der Waals surface area contributed by atoms with E-state index in [0.29, 0.717) is 5.82 Å². The maximum Gasteiger partial charge on any atom is 0.162 e. The van der Waals surface area contributed by atoms with Gasteiger partial charge < -0.3 is 5.11 Å². The number of allylic oxidation sites excluding steroid dienone is 2. The van der Waals surface area contributed by atoms with Gasteiger partial charge in [0.15, 0.2) is 5.78 Å². The second-order valence-corrected chi connectivity index (χ2v) is 11.0. The van der Waals surface area contributed by atoms with Gasteiger partial charge in [-0.3, -0.25) is 9.78 Å². The molecule has 0 amide bonds. The van der Waals surface area contributed by atoms with E-state index in [0.717, 1.165) is 47.7 Å². The van der Waals surface area contributed by atoms with E-state index in [4.69, 9.17) is 0 Å². The molecule has 1 radical (unpaired) electrons. The molecule has 215 valence electrons. The van der Waals surface area contributed by atoms with E-state index in [9.17, 15) is 9.90 Å². The minimum atomic E-state index is 0. The van der Waals surface area contributed by atoms with Crippen LogP contribution in [0.1, 0.15) is 79.7 Å². The number of hydrogen-bond donors (Lipinski definition) is 1. The fourth-order valence-corrected chi connectivity index (χ4v) is 4.75. The third-order valence-electron chi connectivity index (χ3n) is 7.27. The molecular weight excluding hydrogens is 675 g/mol. The summed E-state index contributed by atoms with van der Waals surface area (Å²) in [6, 6.07) is 21.7. The smallest absolute Gasteiger partial charge is 0.162 e. The van der Waals surface area contributed by atoms with Crippen molar-refractivity contribution in [1.29, 1.82) is 0 Å². The summed E-state index contributed by atoms with van der Waals surface area (Å²) in [5, 5.41) is 20.7. The van der Waals surface area contributed by atoms with Gasteiger partial charge in [0.25, 0.3) is 0 Å². The minimum Gasteiger partial charge on any atom is -0.512 e. The molecule has 0 aliphatic heterocycles. The predicted molar refractivity (Wildman–Crippen MR) is 162 cm³/mol. The number of nitrogens with zero attached hydrogens (tertiary/aromatic N) is 3. The van der Waals surface area contributed by atoms with Crippen molar-refractivity contribution in [2.45, 2.75) is 79.6 Å². The normalized spacial score (nSPS) is 11.9. The number of aromatic nitrogens is 3. The van der Waals surface area contributed by atoms with Gasteiger partial charge >= 0.3 is 0 Å². The standard InChI is InChI=1S/C21H18N3.C13H24O2.Ir/c1-21(2,3)17-13-15(12-14-8-4-5-9-16(14)17)20-22-18-10-6-7-11-19(18)23-24-20;1-5-10(6-2)12(14)9-13(15)11(7-3)8-4;/h4-11,13H,1-3H3;9-11,14H,5-8H2,1-4H3;/q-1;;/b;12-9-;. The van der Waals surface area contributed by atoms with Crippen molar-refractivity contribution < 1.29 is 30.0 Å². The van der Waals surface area contributed by atoms with Crippen molar-refractivity contribution in [2.75, 3.05) is 0 Å². The van der Waals surface area contributed by atoms with Gasteiger partial charge in [-0.2, -0.15) is 10.2 Å². The van der Waals surface area contributed by atoms with Crippen molar-refractivity contribution in [3.8, 4) is 11.4 Å². The summed E-state index contributed by atoms with van der Waals surface area (Å²) < 4.78 is 0. The zero-order valence-electron chi connectivity index (χ0n) is 24.8. The van der Waals surface area contributed by atoms with Crippen LogP contribution in [0.3, 0.4) is 0 Å². The Hall–Kier alpha value is -2.95. The van der Waals surface area contributed by atoms with Crippen LogP contribution in [-0.4, -0.2) is 26.1 Å². The van der Waals surface area contributed by atoms with Crippen LogP contribution >= 0.6 is 0 Å².